The van der Waals surface area contributed by atoms with Crippen LogP contribution in [0.1, 0.15) is 20.7 Å². The Balaban J connectivity index is 0.00000160. The molecule has 0 unspecified atom stereocenters. The van der Waals surface area contributed by atoms with Gasteiger partial charge in [0.15, 0.2) is 0 Å². The van der Waals surface area contributed by atoms with E-state index in [1.807, 2.05) is 24.3 Å². The van der Waals surface area contributed by atoms with E-state index < -0.39 is 11.8 Å². The first-order chi connectivity index (χ1) is 12.6. The SMILES string of the molecule is O=C1[N-]C(=O)c2ccc3c4c2c1ccc4c(=O)n1c2ccccc2nc31.[Y]. The summed E-state index contributed by atoms with van der Waals surface area (Å²) in [4.78, 5) is 42.2. The van der Waals surface area contributed by atoms with E-state index in [4.69, 9.17) is 0 Å². The zero-order valence-electron chi connectivity index (χ0n) is 13.8. The normalized spacial score (nSPS) is 13.5. The van der Waals surface area contributed by atoms with Crippen LogP contribution >= 0.6 is 0 Å². The molecule has 2 aromatic heterocycles. The number of aromatic nitrogens is 2. The van der Waals surface area contributed by atoms with Crippen molar-refractivity contribution >= 4 is 50.0 Å². The Morgan fingerprint density at radius 1 is 0.778 bits per heavy atom. The molecule has 0 bridgehead atoms. The average molecular weight is 427 g/mol. The molecule has 1 aliphatic rings. The van der Waals surface area contributed by atoms with Crippen LogP contribution in [0.3, 0.4) is 0 Å². The molecule has 5 aromatic rings. The van der Waals surface area contributed by atoms with Gasteiger partial charge in [-0.05, 0) is 24.3 Å². The van der Waals surface area contributed by atoms with Gasteiger partial charge in [-0.3, -0.25) is 9.20 Å². The van der Waals surface area contributed by atoms with Crippen molar-refractivity contribution in [1.82, 2.24) is 9.38 Å². The molecule has 1 aliphatic heterocycles. The van der Waals surface area contributed by atoms with Crippen LogP contribution in [0.4, 0.5) is 0 Å². The summed E-state index contributed by atoms with van der Waals surface area (Å²) in [5, 5.41) is 5.86. The summed E-state index contributed by atoms with van der Waals surface area (Å²) in [7, 11) is 0. The van der Waals surface area contributed by atoms with Gasteiger partial charge in [-0.2, -0.15) is 0 Å². The molecular formula is C20H8N3O3Y-. The second-order valence-electron chi connectivity index (χ2n) is 6.36. The Bertz CT molecular complexity index is 1500. The smallest absolute Gasteiger partial charge is 0.264 e. The number of carbonyl (C=O) groups is 2. The van der Waals surface area contributed by atoms with Crippen LogP contribution in [0.5, 0.6) is 0 Å². The monoisotopic (exact) mass is 427 g/mol. The number of amides is 2. The number of carbonyl (C=O) groups excluding carboxylic acids is 2. The summed E-state index contributed by atoms with van der Waals surface area (Å²) < 4.78 is 1.59. The van der Waals surface area contributed by atoms with Gasteiger partial charge in [-0.15, -0.1) is 0 Å². The van der Waals surface area contributed by atoms with E-state index in [1.54, 1.807) is 28.7 Å². The third-order valence-electron chi connectivity index (χ3n) is 5.06. The summed E-state index contributed by atoms with van der Waals surface area (Å²) >= 11 is 0. The Labute approximate surface area is 176 Å². The number of benzene rings is 3. The van der Waals surface area contributed by atoms with Crippen LogP contribution in [0.2, 0.25) is 0 Å². The average Bonchev–Trinajstić information content (AvgIpc) is 3.04. The van der Waals surface area contributed by atoms with Crippen LogP contribution in [0.25, 0.3) is 43.5 Å². The van der Waals surface area contributed by atoms with E-state index in [2.05, 4.69) is 10.3 Å². The van der Waals surface area contributed by atoms with Crippen molar-refractivity contribution in [2.45, 2.75) is 0 Å². The summed E-state index contributed by atoms with van der Waals surface area (Å²) in [6.07, 6.45) is 0. The van der Waals surface area contributed by atoms with Gasteiger partial charge in [0.05, 0.1) is 22.8 Å². The van der Waals surface area contributed by atoms with Gasteiger partial charge >= 0.3 is 0 Å². The first-order valence-corrected chi connectivity index (χ1v) is 8.08. The van der Waals surface area contributed by atoms with Crippen LogP contribution in [0.15, 0.2) is 53.3 Å². The largest absolute Gasteiger partial charge is 0.587 e. The number of imide groups is 1. The number of hydrogen-bond acceptors (Lipinski definition) is 4. The van der Waals surface area contributed by atoms with Crippen molar-refractivity contribution in [1.29, 1.82) is 0 Å². The number of pyridine rings is 1. The van der Waals surface area contributed by atoms with Gasteiger partial charge < -0.3 is 14.9 Å². The van der Waals surface area contributed by atoms with E-state index in [-0.39, 0.29) is 38.3 Å². The molecule has 6 nitrogen and oxygen atoms in total. The molecule has 125 valence electrons. The standard InChI is InChI=1S/C20H9N3O3.Y/c24-18-10-6-5-9-15-12(8-7-11(16(10)15)19(25)22-18)20(26)23-14-4-2-1-3-13(14)21-17(9)23;/h1-8H,(H,22,24,25);/p-1. The second-order valence-corrected chi connectivity index (χ2v) is 6.36. The number of imidazole rings is 1. The number of fused-ring (bicyclic) bond motifs is 4. The zero-order valence-corrected chi connectivity index (χ0v) is 16.6. The molecule has 0 atom stereocenters. The Kier molecular flexibility index (Phi) is 3.30. The first kappa shape index (κ1) is 16.5. The molecule has 3 heterocycles. The van der Waals surface area contributed by atoms with Crippen LogP contribution in [0, 0.1) is 0 Å². The van der Waals surface area contributed by atoms with Crippen molar-refractivity contribution in [2.24, 2.45) is 0 Å². The maximum Gasteiger partial charge on any atom is 0.264 e. The van der Waals surface area contributed by atoms with Gasteiger partial charge in [0.2, 0.25) is 0 Å². The van der Waals surface area contributed by atoms with Gasteiger partial charge in [0.25, 0.3) is 5.56 Å². The van der Waals surface area contributed by atoms with E-state index in [0.29, 0.717) is 32.9 Å². The first-order valence-electron chi connectivity index (χ1n) is 8.08. The van der Waals surface area contributed by atoms with Crippen molar-refractivity contribution in [3.8, 4) is 0 Å². The molecule has 0 saturated heterocycles. The fourth-order valence-corrected chi connectivity index (χ4v) is 3.96. The molecule has 7 heteroatoms. The topological polar surface area (TPSA) is 82.6 Å². The molecule has 27 heavy (non-hydrogen) atoms. The molecule has 6 rings (SSSR count). The van der Waals surface area contributed by atoms with Crippen LogP contribution in [-0.4, -0.2) is 21.2 Å². The third-order valence-corrected chi connectivity index (χ3v) is 5.06. The maximum absolute atomic E-state index is 13.2. The molecule has 0 aliphatic carbocycles. The molecule has 0 spiro atoms. The zero-order chi connectivity index (χ0) is 17.6. The van der Waals surface area contributed by atoms with Gasteiger partial charge in [-0.1, -0.05) is 24.3 Å². The number of hydrogen-bond donors (Lipinski definition) is 0. The second kappa shape index (κ2) is 5.41. The molecule has 0 fully saturated rings. The van der Waals surface area contributed by atoms with Crippen molar-refractivity contribution in [3.05, 3.63) is 75.3 Å². The van der Waals surface area contributed by atoms with Crippen molar-refractivity contribution in [2.75, 3.05) is 0 Å². The van der Waals surface area contributed by atoms with Crippen molar-refractivity contribution in [3.63, 3.8) is 0 Å². The third kappa shape index (κ3) is 1.92. The summed E-state index contributed by atoms with van der Waals surface area (Å²) in [6.45, 7) is 0. The number of nitrogens with zero attached hydrogens (tertiary/aromatic N) is 3. The quantitative estimate of drug-likeness (QED) is 0.356. The minimum absolute atomic E-state index is 0. The Morgan fingerprint density at radius 2 is 1.44 bits per heavy atom. The summed E-state index contributed by atoms with van der Waals surface area (Å²) in [5.41, 5.74) is 2.45. The van der Waals surface area contributed by atoms with E-state index in [9.17, 15) is 14.4 Å². The molecule has 2 amide bonds. The number of rotatable bonds is 0. The molecule has 0 saturated carbocycles. The molecule has 3 aromatic carbocycles. The van der Waals surface area contributed by atoms with Crippen LogP contribution in [-0.2, 0) is 32.7 Å². The van der Waals surface area contributed by atoms with E-state index >= 15 is 0 Å². The predicted molar refractivity (Wildman–Crippen MR) is 97.2 cm³/mol. The van der Waals surface area contributed by atoms with Crippen LogP contribution < -0.4 is 5.56 Å². The fraction of sp³-hybridized carbons (Fsp3) is 0. The predicted octanol–water partition coefficient (Wildman–Crippen LogP) is 3.26. The van der Waals surface area contributed by atoms with E-state index in [0.717, 1.165) is 16.4 Å². The van der Waals surface area contributed by atoms with Gasteiger partial charge in [-0.25, -0.2) is 4.98 Å². The number of para-hydroxylation sites is 2. The minimum atomic E-state index is -0.572. The van der Waals surface area contributed by atoms with E-state index in [1.165, 1.54) is 0 Å². The molecular weight excluding hydrogens is 419 g/mol. The molecule has 0 N–H and O–H groups in total. The van der Waals surface area contributed by atoms with Gasteiger partial charge in [0.1, 0.15) is 5.65 Å². The maximum atomic E-state index is 13.2. The summed E-state index contributed by atoms with van der Waals surface area (Å²) in [5.74, 6) is -1.14. The minimum Gasteiger partial charge on any atom is -0.587 e. The Hall–Kier alpha value is -2.70. The Morgan fingerprint density at radius 3 is 2.19 bits per heavy atom. The summed E-state index contributed by atoms with van der Waals surface area (Å²) in [6, 6.07) is 14.1. The van der Waals surface area contributed by atoms with Crippen molar-refractivity contribution < 1.29 is 42.3 Å². The fourth-order valence-electron chi connectivity index (χ4n) is 3.96. The van der Waals surface area contributed by atoms with Gasteiger partial charge in [0, 0.05) is 65.4 Å². The molecule has 1 radical (unpaired) electrons.